The first-order valence-electron chi connectivity index (χ1n) is 4.25. The molecule has 0 aliphatic rings. The Balaban J connectivity index is 2.62. The Hall–Kier alpha value is -1.17. The van der Waals surface area contributed by atoms with Gasteiger partial charge in [-0.25, -0.2) is 9.59 Å². The maximum absolute atomic E-state index is 11.4. The minimum Gasteiger partial charge on any atom is -0.450 e. The Morgan fingerprint density at radius 2 is 1.93 bits per heavy atom. The second-order valence-electron chi connectivity index (χ2n) is 3.81. The number of carbonyl (C=O) groups is 1. The van der Waals surface area contributed by atoms with Crippen molar-refractivity contribution in [3.63, 3.8) is 0 Å². The lowest BCUT2D eigenvalue weighted by atomic mass is 10.4. The van der Waals surface area contributed by atoms with Crippen LogP contribution >= 0.6 is 10.0 Å². The van der Waals surface area contributed by atoms with Crippen LogP contribution in [0.1, 0.15) is 11.5 Å². The van der Waals surface area contributed by atoms with Crippen LogP contribution < -0.4 is 5.82 Å². The van der Waals surface area contributed by atoms with Crippen molar-refractivity contribution in [3.05, 3.63) is 22.1 Å². The van der Waals surface area contributed by atoms with Gasteiger partial charge >= 0.3 is 11.1 Å². The zero-order valence-electron chi connectivity index (χ0n) is 9.16. The molecule has 86 valence electrons. The first-order chi connectivity index (χ1) is 6.80. The Morgan fingerprint density at radius 3 is 2.33 bits per heavy atom. The molecule has 0 radical (unpaired) electrons. The van der Waals surface area contributed by atoms with Crippen molar-refractivity contribution in [3.8, 4) is 0 Å². The minimum absolute atomic E-state index is 0.0549. The Morgan fingerprint density at radius 1 is 1.33 bits per heavy atom. The van der Waals surface area contributed by atoms with E-state index in [9.17, 15) is 9.59 Å². The molecule has 0 N–H and O–H groups in total. The number of rotatable bonds is 2. The molecule has 0 spiro atoms. The quantitative estimate of drug-likeness (QED) is 0.730. The van der Waals surface area contributed by atoms with Crippen LogP contribution in [-0.2, 0) is 11.3 Å². The summed E-state index contributed by atoms with van der Waals surface area (Å²) >= 11 is 0. The van der Waals surface area contributed by atoms with Crippen LogP contribution in [0, 0.1) is 6.92 Å². The van der Waals surface area contributed by atoms with Gasteiger partial charge in [-0.2, -0.15) is 10.0 Å². The van der Waals surface area contributed by atoms with Gasteiger partial charge in [0.25, 0.3) is 0 Å². The number of ether oxygens (including phenoxy) is 1. The predicted molar refractivity (Wildman–Crippen MR) is 57.5 cm³/mol. The molecule has 5 nitrogen and oxygen atoms in total. The van der Waals surface area contributed by atoms with E-state index in [4.69, 9.17) is 4.74 Å². The lowest BCUT2D eigenvalue weighted by Crippen LogP contribution is -2.10. The van der Waals surface area contributed by atoms with Gasteiger partial charge in [-0.3, -0.25) is 0 Å². The number of hydrogen-bond acceptors (Lipinski definition) is 5. The van der Waals surface area contributed by atoms with Crippen molar-refractivity contribution in [1.82, 2.24) is 0 Å². The molecule has 1 aromatic rings. The molecular formula is C9H14O5S. The Kier molecular flexibility index (Phi) is 3.28. The molecule has 0 saturated carbocycles. The van der Waals surface area contributed by atoms with Crippen molar-refractivity contribution in [1.29, 1.82) is 0 Å². The fourth-order valence-corrected chi connectivity index (χ4v) is 1.22. The molecular weight excluding hydrogens is 220 g/mol. The highest BCUT2D eigenvalue weighted by molar-refractivity contribution is 8.43. The third kappa shape index (κ3) is 3.16. The van der Waals surface area contributed by atoms with Gasteiger partial charge < -0.3 is 13.6 Å². The summed E-state index contributed by atoms with van der Waals surface area (Å²) in [6.07, 6.45) is 5.48. The van der Waals surface area contributed by atoms with Crippen molar-refractivity contribution in [2.45, 2.75) is 13.5 Å². The average Bonchev–Trinajstić information content (AvgIpc) is 2.39. The van der Waals surface area contributed by atoms with E-state index in [1.165, 1.54) is 0 Å². The minimum atomic E-state index is -1.39. The summed E-state index contributed by atoms with van der Waals surface area (Å²) in [5.74, 6) is -0.171. The highest BCUT2D eigenvalue weighted by Gasteiger charge is 2.19. The maximum Gasteiger partial charge on any atom is 0.519 e. The molecule has 0 unspecified atom stereocenters. The van der Waals surface area contributed by atoms with Crippen LogP contribution in [0.15, 0.2) is 13.6 Å². The summed E-state index contributed by atoms with van der Waals surface area (Å²) in [4.78, 5) is 22.1. The van der Waals surface area contributed by atoms with E-state index in [0.717, 1.165) is 0 Å². The highest BCUT2D eigenvalue weighted by Crippen LogP contribution is 2.37. The third-order valence-corrected chi connectivity index (χ3v) is 2.77. The van der Waals surface area contributed by atoms with Crippen molar-refractivity contribution in [2.75, 3.05) is 18.8 Å². The summed E-state index contributed by atoms with van der Waals surface area (Å²) in [5.41, 5.74) is 0. The normalized spacial score (nSPS) is 12.5. The third-order valence-electron chi connectivity index (χ3n) is 1.66. The average molecular weight is 234 g/mol. The van der Waals surface area contributed by atoms with Crippen LogP contribution in [0.5, 0.6) is 0 Å². The summed E-state index contributed by atoms with van der Waals surface area (Å²) in [7, 11) is -1.39. The molecule has 6 heteroatoms. The molecule has 15 heavy (non-hydrogen) atoms. The molecule has 1 aromatic heterocycles. The standard InChI is InChI=1S/C9H14O5S/c1-6-7(14-8(10)13-6)5-12-9(11)15(2,3)4/h5H2,1-4H3. The van der Waals surface area contributed by atoms with E-state index < -0.39 is 15.9 Å². The molecule has 0 bridgehead atoms. The van der Waals surface area contributed by atoms with Crippen LogP contribution in [0.3, 0.4) is 0 Å². The van der Waals surface area contributed by atoms with Gasteiger partial charge in [0.15, 0.2) is 18.1 Å². The monoisotopic (exact) mass is 234 g/mol. The van der Waals surface area contributed by atoms with Crippen molar-refractivity contribution in [2.24, 2.45) is 0 Å². The molecule has 1 heterocycles. The first-order valence-corrected chi connectivity index (χ1v) is 7.11. The number of hydrogen-bond donors (Lipinski definition) is 0. The molecule has 0 aromatic carbocycles. The molecule has 1 rings (SSSR count). The lowest BCUT2D eigenvalue weighted by Gasteiger charge is -2.21. The van der Waals surface area contributed by atoms with Crippen LogP contribution in [-0.4, -0.2) is 24.1 Å². The summed E-state index contributed by atoms with van der Waals surface area (Å²) < 4.78 is 14.3. The SMILES string of the molecule is Cc1oc(=O)oc1COC(=O)S(C)(C)C. The van der Waals surface area contributed by atoms with E-state index in [1.807, 2.05) is 18.8 Å². The lowest BCUT2D eigenvalue weighted by molar-refractivity contribution is 0.157. The van der Waals surface area contributed by atoms with E-state index in [0.29, 0.717) is 5.76 Å². The van der Waals surface area contributed by atoms with Gasteiger partial charge in [0.1, 0.15) is 0 Å². The van der Waals surface area contributed by atoms with E-state index >= 15 is 0 Å². The van der Waals surface area contributed by atoms with E-state index in [1.54, 1.807) is 6.92 Å². The van der Waals surface area contributed by atoms with Gasteiger partial charge in [-0.1, -0.05) is 0 Å². The summed E-state index contributed by atoms with van der Waals surface area (Å²) in [6.45, 7) is 1.53. The fourth-order valence-electron chi connectivity index (χ4n) is 0.808. The highest BCUT2D eigenvalue weighted by atomic mass is 32.3. The molecule has 0 amide bonds. The second kappa shape index (κ2) is 4.14. The number of aryl methyl sites for hydroxylation is 1. The van der Waals surface area contributed by atoms with Gasteiger partial charge in [0.05, 0.1) is 0 Å². The maximum atomic E-state index is 11.4. The zero-order chi connectivity index (χ0) is 11.6. The van der Waals surface area contributed by atoms with Crippen molar-refractivity contribution < 1.29 is 18.4 Å². The fraction of sp³-hybridized carbons (Fsp3) is 0.556. The smallest absolute Gasteiger partial charge is 0.450 e. The van der Waals surface area contributed by atoms with Gasteiger partial charge in [-0.15, -0.1) is 0 Å². The topological polar surface area (TPSA) is 69.7 Å². The zero-order valence-corrected chi connectivity index (χ0v) is 9.97. The van der Waals surface area contributed by atoms with Crippen LogP contribution in [0.25, 0.3) is 0 Å². The Bertz CT molecular complexity index is 409. The van der Waals surface area contributed by atoms with Crippen LogP contribution in [0.4, 0.5) is 4.79 Å². The van der Waals surface area contributed by atoms with E-state index in [2.05, 4.69) is 8.83 Å². The molecule has 0 fully saturated rings. The van der Waals surface area contributed by atoms with Gasteiger partial charge in [0.2, 0.25) is 0 Å². The van der Waals surface area contributed by atoms with Gasteiger partial charge in [0, 0.05) is 0 Å². The van der Waals surface area contributed by atoms with E-state index in [-0.39, 0.29) is 17.7 Å². The predicted octanol–water partition coefficient (Wildman–Crippen LogP) is 1.87. The van der Waals surface area contributed by atoms with Crippen molar-refractivity contribution >= 4 is 15.3 Å². The van der Waals surface area contributed by atoms with Crippen LogP contribution in [0.2, 0.25) is 0 Å². The Labute approximate surface area is 88.7 Å². The second-order valence-corrected chi connectivity index (χ2v) is 7.82. The largest absolute Gasteiger partial charge is 0.519 e. The molecule has 0 aliphatic heterocycles. The van der Waals surface area contributed by atoms with Gasteiger partial charge in [-0.05, 0) is 25.7 Å². The molecule has 0 aliphatic carbocycles. The molecule has 0 atom stereocenters. The molecule has 0 saturated heterocycles. The summed E-state index contributed by atoms with van der Waals surface area (Å²) in [6, 6.07) is 0. The first kappa shape index (κ1) is 11.9. The number of carbonyl (C=O) groups excluding carboxylic acids is 1. The summed E-state index contributed by atoms with van der Waals surface area (Å²) in [5, 5.41) is -0.272.